The van der Waals surface area contributed by atoms with Crippen LogP contribution in [0.5, 0.6) is 0 Å². The first-order chi connectivity index (χ1) is 9.49. The molecule has 0 bridgehead atoms. The summed E-state index contributed by atoms with van der Waals surface area (Å²) in [5.74, 6) is -3.82. The van der Waals surface area contributed by atoms with Gasteiger partial charge in [-0.3, -0.25) is 4.79 Å². The Kier molecular flexibility index (Phi) is 4.02. The number of amides is 1. The minimum Gasteiger partial charge on any atom is -0.348 e. The van der Waals surface area contributed by atoms with Crippen molar-refractivity contribution in [3.8, 4) is 0 Å². The number of rotatable bonds is 3. The number of nitrogens with one attached hydrogen (secondary N) is 1. The van der Waals surface area contributed by atoms with Gasteiger partial charge in [0.25, 0.3) is 5.91 Å². The van der Waals surface area contributed by atoms with E-state index < -0.39 is 29.1 Å². The van der Waals surface area contributed by atoms with Gasteiger partial charge in [0.15, 0.2) is 5.82 Å². The van der Waals surface area contributed by atoms with Crippen LogP contribution in [-0.2, 0) is 6.54 Å². The summed E-state index contributed by atoms with van der Waals surface area (Å²) in [6, 6.07) is 5.56. The van der Waals surface area contributed by atoms with Crippen molar-refractivity contribution >= 4 is 5.91 Å². The Morgan fingerprint density at radius 1 is 1.25 bits per heavy atom. The van der Waals surface area contributed by atoms with E-state index in [2.05, 4.69) is 10.3 Å². The van der Waals surface area contributed by atoms with Gasteiger partial charge in [-0.25, -0.2) is 13.8 Å². The smallest absolute Gasteiger partial charge is 0.254 e. The van der Waals surface area contributed by atoms with Crippen LogP contribution in [0.1, 0.15) is 21.5 Å². The highest BCUT2D eigenvalue weighted by Crippen LogP contribution is 2.11. The number of hydrogen-bond acceptors (Lipinski definition) is 2. The lowest BCUT2D eigenvalue weighted by Gasteiger charge is -2.07. The maximum Gasteiger partial charge on any atom is 0.254 e. The SMILES string of the molecule is Cc1ccc(CNC(=O)c2ccnc(F)c2F)cc1F. The predicted molar refractivity (Wildman–Crippen MR) is 66.5 cm³/mol. The van der Waals surface area contributed by atoms with Crippen LogP contribution in [-0.4, -0.2) is 10.9 Å². The second kappa shape index (κ2) is 5.73. The molecule has 0 saturated heterocycles. The molecule has 104 valence electrons. The summed E-state index contributed by atoms with van der Waals surface area (Å²) in [5, 5.41) is 2.39. The number of carbonyl (C=O) groups excluding carboxylic acids is 1. The van der Waals surface area contributed by atoms with E-state index in [1.807, 2.05) is 0 Å². The fourth-order valence-corrected chi connectivity index (χ4v) is 1.62. The van der Waals surface area contributed by atoms with Gasteiger partial charge in [-0.2, -0.15) is 4.39 Å². The Morgan fingerprint density at radius 2 is 2.00 bits per heavy atom. The largest absolute Gasteiger partial charge is 0.348 e. The highest BCUT2D eigenvalue weighted by atomic mass is 19.2. The molecule has 0 spiro atoms. The summed E-state index contributed by atoms with van der Waals surface area (Å²) in [6.07, 6.45) is 0.999. The van der Waals surface area contributed by atoms with Crippen LogP contribution in [0.2, 0.25) is 0 Å². The maximum absolute atomic E-state index is 13.3. The molecule has 0 atom stereocenters. The fourth-order valence-electron chi connectivity index (χ4n) is 1.62. The molecule has 6 heteroatoms. The van der Waals surface area contributed by atoms with E-state index in [-0.39, 0.29) is 6.54 Å². The first-order valence-electron chi connectivity index (χ1n) is 5.82. The highest BCUT2D eigenvalue weighted by Gasteiger charge is 2.15. The Balaban J connectivity index is 2.08. The molecule has 2 rings (SSSR count). The zero-order chi connectivity index (χ0) is 14.7. The molecule has 1 heterocycles. The van der Waals surface area contributed by atoms with Gasteiger partial charge in [-0.1, -0.05) is 12.1 Å². The molecule has 1 N–H and O–H groups in total. The monoisotopic (exact) mass is 280 g/mol. The first kappa shape index (κ1) is 14.0. The summed E-state index contributed by atoms with van der Waals surface area (Å²) in [4.78, 5) is 14.8. The Morgan fingerprint density at radius 3 is 2.70 bits per heavy atom. The Bertz CT molecular complexity index is 659. The minimum atomic E-state index is -1.33. The third kappa shape index (κ3) is 2.96. The second-order valence-electron chi connectivity index (χ2n) is 4.23. The van der Waals surface area contributed by atoms with E-state index in [1.165, 1.54) is 6.07 Å². The molecule has 20 heavy (non-hydrogen) atoms. The molecular formula is C14H11F3N2O. The van der Waals surface area contributed by atoms with E-state index in [9.17, 15) is 18.0 Å². The van der Waals surface area contributed by atoms with Crippen molar-refractivity contribution < 1.29 is 18.0 Å². The molecule has 2 aromatic rings. The maximum atomic E-state index is 13.3. The number of aromatic nitrogens is 1. The minimum absolute atomic E-state index is 0.0133. The van der Waals surface area contributed by atoms with Gasteiger partial charge in [-0.05, 0) is 30.2 Å². The molecule has 1 aromatic heterocycles. The lowest BCUT2D eigenvalue weighted by molar-refractivity contribution is 0.0945. The fraction of sp³-hybridized carbons (Fsp3) is 0.143. The molecule has 0 fully saturated rings. The molecule has 0 radical (unpaired) electrons. The standard InChI is InChI=1S/C14H11F3N2O/c1-8-2-3-9(6-11(8)15)7-19-14(20)10-4-5-18-13(17)12(10)16/h2-6H,7H2,1H3,(H,19,20). The van der Waals surface area contributed by atoms with Crippen molar-refractivity contribution in [2.75, 3.05) is 0 Å². The third-order valence-electron chi connectivity index (χ3n) is 2.78. The van der Waals surface area contributed by atoms with Crippen molar-refractivity contribution in [3.05, 3.63) is 64.7 Å². The van der Waals surface area contributed by atoms with Gasteiger partial charge in [0.1, 0.15) is 5.82 Å². The number of nitrogens with zero attached hydrogens (tertiary/aromatic N) is 1. The van der Waals surface area contributed by atoms with Gasteiger partial charge < -0.3 is 5.32 Å². The first-order valence-corrected chi connectivity index (χ1v) is 5.82. The number of carbonyl (C=O) groups is 1. The van der Waals surface area contributed by atoms with Gasteiger partial charge in [-0.15, -0.1) is 0 Å². The van der Waals surface area contributed by atoms with Gasteiger partial charge in [0.05, 0.1) is 5.56 Å². The van der Waals surface area contributed by atoms with Crippen molar-refractivity contribution in [3.63, 3.8) is 0 Å². The second-order valence-corrected chi connectivity index (χ2v) is 4.23. The molecular weight excluding hydrogens is 269 g/mol. The molecule has 1 aromatic carbocycles. The van der Waals surface area contributed by atoms with Gasteiger partial charge in [0.2, 0.25) is 5.95 Å². The van der Waals surface area contributed by atoms with Crippen LogP contribution in [0.25, 0.3) is 0 Å². The van der Waals surface area contributed by atoms with Crippen molar-refractivity contribution in [1.29, 1.82) is 0 Å². The number of hydrogen-bond donors (Lipinski definition) is 1. The van der Waals surface area contributed by atoms with Gasteiger partial charge in [0, 0.05) is 12.7 Å². The van der Waals surface area contributed by atoms with E-state index in [0.29, 0.717) is 11.1 Å². The average molecular weight is 280 g/mol. The summed E-state index contributed by atoms with van der Waals surface area (Å²) >= 11 is 0. The predicted octanol–water partition coefficient (Wildman–Crippen LogP) is 2.74. The molecule has 0 unspecified atom stereocenters. The van der Waals surface area contributed by atoms with Crippen molar-refractivity contribution in [1.82, 2.24) is 10.3 Å². The molecule has 0 aliphatic carbocycles. The average Bonchev–Trinajstić information content (AvgIpc) is 2.43. The molecule has 0 aliphatic heterocycles. The van der Waals surface area contributed by atoms with Gasteiger partial charge >= 0.3 is 0 Å². The lowest BCUT2D eigenvalue weighted by atomic mass is 10.1. The number of aryl methyl sites for hydroxylation is 1. The summed E-state index contributed by atoms with van der Waals surface area (Å²) in [6.45, 7) is 1.63. The zero-order valence-corrected chi connectivity index (χ0v) is 10.6. The van der Waals surface area contributed by atoms with Crippen LogP contribution >= 0.6 is 0 Å². The third-order valence-corrected chi connectivity index (χ3v) is 2.78. The van der Waals surface area contributed by atoms with Crippen molar-refractivity contribution in [2.45, 2.75) is 13.5 Å². The van der Waals surface area contributed by atoms with Crippen LogP contribution in [0.3, 0.4) is 0 Å². The van der Waals surface area contributed by atoms with E-state index >= 15 is 0 Å². The quantitative estimate of drug-likeness (QED) is 0.878. The number of halogens is 3. The Labute approximate surface area is 113 Å². The summed E-state index contributed by atoms with van der Waals surface area (Å²) in [5.41, 5.74) is 0.573. The summed E-state index contributed by atoms with van der Waals surface area (Å²) < 4.78 is 39.5. The van der Waals surface area contributed by atoms with E-state index in [1.54, 1.807) is 19.1 Å². The molecule has 0 saturated carbocycles. The lowest BCUT2D eigenvalue weighted by Crippen LogP contribution is -2.24. The van der Waals surface area contributed by atoms with E-state index in [4.69, 9.17) is 0 Å². The van der Waals surface area contributed by atoms with Crippen LogP contribution < -0.4 is 5.32 Å². The normalized spacial score (nSPS) is 10.4. The Hall–Kier alpha value is -2.37. The van der Waals surface area contributed by atoms with Crippen LogP contribution in [0, 0.1) is 24.5 Å². The molecule has 3 nitrogen and oxygen atoms in total. The van der Waals surface area contributed by atoms with Crippen LogP contribution in [0.15, 0.2) is 30.5 Å². The highest BCUT2D eigenvalue weighted by molar-refractivity contribution is 5.94. The van der Waals surface area contributed by atoms with E-state index in [0.717, 1.165) is 12.3 Å². The van der Waals surface area contributed by atoms with Crippen molar-refractivity contribution in [2.24, 2.45) is 0 Å². The molecule has 1 amide bonds. The van der Waals surface area contributed by atoms with Crippen LogP contribution in [0.4, 0.5) is 13.2 Å². The number of pyridine rings is 1. The summed E-state index contributed by atoms with van der Waals surface area (Å²) in [7, 11) is 0. The zero-order valence-electron chi connectivity index (χ0n) is 10.6. The number of benzene rings is 1. The topological polar surface area (TPSA) is 42.0 Å². The molecule has 0 aliphatic rings.